The van der Waals surface area contributed by atoms with Crippen molar-refractivity contribution >= 4 is 18.1 Å². The number of alkyl halides is 2. The zero-order valence-electron chi connectivity index (χ0n) is 10.5. The van der Waals surface area contributed by atoms with Crippen LogP contribution in [0.3, 0.4) is 0 Å². The van der Waals surface area contributed by atoms with Gasteiger partial charge in [0.05, 0.1) is 18.1 Å². The van der Waals surface area contributed by atoms with E-state index in [2.05, 4.69) is 15.5 Å². The fourth-order valence-corrected chi connectivity index (χ4v) is 1.57. The van der Waals surface area contributed by atoms with Crippen molar-refractivity contribution in [1.82, 2.24) is 19.6 Å². The monoisotopic (exact) mass is 291 g/mol. The third-order valence-electron chi connectivity index (χ3n) is 2.47. The summed E-state index contributed by atoms with van der Waals surface area (Å²) in [6.07, 6.45) is 4.44. The molecule has 19 heavy (non-hydrogen) atoms. The molecule has 5 nitrogen and oxygen atoms in total. The minimum atomic E-state index is -2.38. The summed E-state index contributed by atoms with van der Waals surface area (Å²) in [5.74, 6) is 0. The second-order valence-electron chi connectivity index (χ2n) is 3.90. The molecule has 0 aromatic carbocycles. The van der Waals surface area contributed by atoms with Crippen molar-refractivity contribution in [2.24, 2.45) is 0 Å². The number of nitrogens with one attached hydrogen (secondary N) is 1. The first-order chi connectivity index (χ1) is 8.67. The molecule has 0 amide bonds. The van der Waals surface area contributed by atoms with Crippen LogP contribution in [-0.4, -0.2) is 26.0 Å². The second kappa shape index (κ2) is 7.08. The highest BCUT2D eigenvalue weighted by Gasteiger charge is 2.05. The van der Waals surface area contributed by atoms with Crippen LogP contribution in [0.5, 0.6) is 0 Å². The molecule has 0 saturated carbocycles. The molecule has 0 atom stereocenters. The number of aromatic nitrogens is 4. The predicted molar refractivity (Wildman–Crippen MR) is 70.7 cm³/mol. The third-order valence-corrected chi connectivity index (χ3v) is 2.47. The van der Waals surface area contributed by atoms with Gasteiger partial charge in [-0.1, -0.05) is 0 Å². The molecule has 2 aromatic heterocycles. The van der Waals surface area contributed by atoms with Crippen molar-refractivity contribution in [2.45, 2.75) is 33.0 Å². The fourth-order valence-electron chi connectivity index (χ4n) is 1.57. The van der Waals surface area contributed by atoms with E-state index in [1.165, 1.54) is 4.68 Å². The highest BCUT2D eigenvalue weighted by molar-refractivity contribution is 5.85. The van der Waals surface area contributed by atoms with Gasteiger partial charge in [0.1, 0.15) is 6.54 Å². The van der Waals surface area contributed by atoms with Crippen molar-refractivity contribution < 1.29 is 8.78 Å². The maximum Gasteiger partial charge on any atom is 0.257 e. The van der Waals surface area contributed by atoms with Crippen molar-refractivity contribution in [3.05, 3.63) is 30.4 Å². The van der Waals surface area contributed by atoms with Crippen molar-refractivity contribution in [2.75, 3.05) is 5.32 Å². The third kappa shape index (κ3) is 4.51. The van der Waals surface area contributed by atoms with Crippen LogP contribution in [0.2, 0.25) is 0 Å². The Labute approximate surface area is 116 Å². The normalized spacial score (nSPS) is 10.5. The number of nitrogens with zero attached hydrogens (tertiary/aromatic N) is 4. The van der Waals surface area contributed by atoms with E-state index in [1.54, 1.807) is 18.6 Å². The first kappa shape index (κ1) is 15.4. The van der Waals surface area contributed by atoms with E-state index in [9.17, 15) is 8.78 Å². The Balaban J connectivity index is 0.00000180. The van der Waals surface area contributed by atoms with Gasteiger partial charge in [0.25, 0.3) is 6.43 Å². The molecule has 0 aliphatic heterocycles. The lowest BCUT2D eigenvalue weighted by Gasteiger charge is -2.00. The molecule has 0 saturated heterocycles. The molecule has 0 unspecified atom stereocenters. The predicted octanol–water partition coefficient (Wildman–Crippen LogP) is 2.40. The van der Waals surface area contributed by atoms with Crippen molar-refractivity contribution in [1.29, 1.82) is 0 Å². The van der Waals surface area contributed by atoms with E-state index >= 15 is 0 Å². The number of hydrogen-bond acceptors (Lipinski definition) is 3. The first-order valence-corrected chi connectivity index (χ1v) is 5.73. The summed E-state index contributed by atoms with van der Waals surface area (Å²) in [6.45, 7) is 2.99. The maximum absolute atomic E-state index is 12.1. The average Bonchev–Trinajstić information content (AvgIpc) is 2.94. The molecule has 2 rings (SSSR count). The molecule has 1 N–H and O–H groups in total. The van der Waals surface area contributed by atoms with Gasteiger partial charge in [0.15, 0.2) is 0 Å². The summed E-state index contributed by atoms with van der Waals surface area (Å²) in [7, 11) is 0. The van der Waals surface area contributed by atoms with Gasteiger partial charge in [-0.2, -0.15) is 10.2 Å². The van der Waals surface area contributed by atoms with Crippen LogP contribution in [-0.2, 0) is 19.6 Å². The lowest BCUT2D eigenvalue weighted by atomic mass is 10.3. The quantitative estimate of drug-likeness (QED) is 0.889. The van der Waals surface area contributed by atoms with E-state index in [0.29, 0.717) is 6.54 Å². The summed E-state index contributed by atoms with van der Waals surface area (Å²) >= 11 is 0. The molecule has 0 bridgehead atoms. The van der Waals surface area contributed by atoms with Gasteiger partial charge < -0.3 is 5.32 Å². The lowest BCUT2D eigenvalue weighted by Crippen LogP contribution is -2.06. The number of anilines is 1. The molecular formula is C11H16ClF2N5. The molecule has 0 fully saturated rings. The second-order valence-corrected chi connectivity index (χ2v) is 3.90. The Kier molecular flexibility index (Phi) is 5.75. The smallest absolute Gasteiger partial charge is 0.257 e. The molecule has 2 aromatic rings. The van der Waals surface area contributed by atoms with Crippen LogP contribution in [0.15, 0.2) is 24.8 Å². The lowest BCUT2D eigenvalue weighted by molar-refractivity contribution is 0.122. The Morgan fingerprint density at radius 1 is 1.21 bits per heavy atom. The number of aryl methyl sites for hydroxylation is 1. The SMILES string of the molecule is CCn1cc(NCc2cnn(CC(F)F)c2)cn1.Cl. The summed E-state index contributed by atoms with van der Waals surface area (Å²) < 4.78 is 27.3. The van der Waals surface area contributed by atoms with Crippen LogP contribution in [0.25, 0.3) is 0 Å². The van der Waals surface area contributed by atoms with Crippen molar-refractivity contribution in [3.8, 4) is 0 Å². The van der Waals surface area contributed by atoms with E-state index in [-0.39, 0.29) is 19.0 Å². The Bertz CT molecular complexity index is 497. The summed E-state index contributed by atoms with van der Waals surface area (Å²) in [6, 6.07) is 0. The summed E-state index contributed by atoms with van der Waals surface area (Å²) in [5.41, 5.74) is 1.76. The number of hydrogen-bond donors (Lipinski definition) is 1. The van der Waals surface area contributed by atoms with E-state index in [0.717, 1.165) is 17.8 Å². The van der Waals surface area contributed by atoms with E-state index in [4.69, 9.17) is 0 Å². The Hall–Kier alpha value is -1.63. The molecule has 0 aliphatic carbocycles. The number of rotatable bonds is 6. The van der Waals surface area contributed by atoms with E-state index in [1.807, 2.05) is 17.8 Å². The van der Waals surface area contributed by atoms with E-state index < -0.39 is 6.43 Å². The fraction of sp³-hybridized carbons (Fsp3) is 0.455. The average molecular weight is 292 g/mol. The van der Waals surface area contributed by atoms with Gasteiger partial charge in [0, 0.05) is 31.0 Å². The highest BCUT2D eigenvalue weighted by atomic mass is 35.5. The molecule has 8 heteroatoms. The zero-order chi connectivity index (χ0) is 13.0. The summed E-state index contributed by atoms with van der Waals surface area (Å²) in [4.78, 5) is 0. The minimum absolute atomic E-state index is 0. The number of halogens is 3. The van der Waals surface area contributed by atoms with Crippen LogP contribution in [0, 0.1) is 0 Å². The zero-order valence-corrected chi connectivity index (χ0v) is 11.3. The molecule has 2 heterocycles. The molecule has 0 aliphatic rings. The molecule has 0 spiro atoms. The van der Waals surface area contributed by atoms with Crippen molar-refractivity contribution in [3.63, 3.8) is 0 Å². The first-order valence-electron chi connectivity index (χ1n) is 5.73. The van der Waals surface area contributed by atoms with Gasteiger partial charge in [-0.15, -0.1) is 12.4 Å². The molecule has 0 radical (unpaired) electrons. The standard InChI is InChI=1S/C11H15F2N5.ClH/c1-2-17-7-10(5-16-17)14-3-9-4-15-18(6-9)8-11(12)13;/h4-7,11,14H,2-3,8H2,1H3;1H. The van der Waals surface area contributed by atoms with Gasteiger partial charge >= 0.3 is 0 Å². The molecular weight excluding hydrogens is 276 g/mol. The topological polar surface area (TPSA) is 47.7 Å². The van der Waals surface area contributed by atoms with Crippen LogP contribution >= 0.6 is 12.4 Å². The largest absolute Gasteiger partial charge is 0.378 e. The molecule has 106 valence electrons. The summed E-state index contributed by atoms with van der Waals surface area (Å²) in [5, 5.41) is 11.1. The van der Waals surface area contributed by atoms with Crippen LogP contribution < -0.4 is 5.32 Å². The Morgan fingerprint density at radius 2 is 1.95 bits per heavy atom. The minimum Gasteiger partial charge on any atom is -0.378 e. The van der Waals surface area contributed by atoms with Gasteiger partial charge in [0.2, 0.25) is 0 Å². The van der Waals surface area contributed by atoms with Crippen LogP contribution in [0.4, 0.5) is 14.5 Å². The Morgan fingerprint density at radius 3 is 2.58 bits per heavy atom. The van der Waals surface area contributed by atoms with Crippen LogP contribution in [0.1, 0.15) is 12.5 Å². The highest BCUT2D eigenvalue weighted by Crippen LogP contribution is 2.08. The maximum atomic E-state index is 12.1. The van der Waals surface area contributed by atoms with Gasteiger partial charge in [-0.3, -0.25) is 9.36 Å². The van der Waals surface area contributed by atoms with Gasteiger partial charge in [-0.05, 0) is 6.92 Å². The van der Waals surface area contributed by atoms with Gasteiger partial charge in [-0.25, -0.2) is 8.78 Å².